The molecule has 0 aliphatic rings. The molecule has 0 aliphatic heterocycles. The summed E-state index contributed by atoms with van der Waals surface area (Å²) in [6.45, 7) is 5.79. The second-order valence-electron chi connectivity index (χ2n) is 6.13. The van der Waals surface area contributed by atoms with Crippen molar-refractivity contribution < 1.29 is 9.21 Å². The van der Waals surface area contributed by atoms with Gasteiger partial charge in [0.2, 0.25) is 0 Å². The number of carbonyl (C=O) groups excluding carboxylic acids is 1. The van der Waals surface area contributed by atoms with Crippen LogP contribution < -0.4 is 0 Å². The molecular weight excluding hydrogens is 314 g/mol. The van der Waals surface area contributed by atoms with E-state index < -0.39 is 0 Å². The Morgan fingerprint density at radius 3 is 2.52 bits per heavy atom. The van der Waals surface area contributed by atoms with Gasteiger partial charge in [0, 0.05) is 24.4 Å². The zero-order valence-electron chi connectivity index (χ0n) is 14.9. The maximum absolute atomic E-state index is 12.7. The SMILES string of the molecule is Cc1cnc(C)c(-c2ccc(C(=O)N(C)C(C)c3ccco3)cc2)n1. The van der Waals surface area contributed by atoms with E-state index >= 15 is 0 Å². The number of nitrogens with zero attached hydrogens (tertiary/aromatic N) is 3. The van der Waals surface area contributed by atoms with E-state index in [-0.39, 0.29) is 11.9 Å². The fraction of sp³-hybridized carbons (Fsp3) is 0.250. The first kappa shape index (κ1) is 16.9. The molecule has 5 nitrogen and oxygen atoms in total. The number of aryl methyl sites for hydroxylation is 2. The molecule has 3 aromatic rings. The number of rotatable bonds is 4. The topological polar surface area (TPSA) is 59.2 Å². The van der Waals surface area contributed by atoms with Crippen molar-refractivity contribution in [1.29, 1.82) is 0 Å². The Kier molecular flexibility index (Phi) is 4.65. The second kappa shape index (κ2) is 6.89. The number of furan rings is 1. The lowest BCUT2D eigenvalue weighted by molar-refractivity contribution is 0.0726. The molecule has 0 spiro atoms. The second-order valence-corrected chi connectivity index (χ2v) is 6.13. The van der Waals surface area contributed by atoms with Crippen LogP contribution >= 0.6 is 0 Å². The molecule has 1 unspecified atom stereocenters. The van der Waals surface area contributed by atoms with Crippen LogP contribution in [-0.2, 0) is 0 Å². The molecule has 3 rings (SSSR count). The monoisotopic (exact) mass is 335 g/mol. The number of carbonyl (C=O) groups is 1. The molecular formula is C20H21N3O2. The van der Waals surface area contributed by atoms with Crippen LogP contribution in [0.2, 0.25) is 0 Å². The molecule has 0 radical (unpaired) electrons. The first-order valence-electron chi connectivity index (χ1n) is 8.18. The summed E-state index contributed by atoms with van der Waals surface area (Å²) < 4.78 is 5.39. The van der Waals surface area contributed by atoms with Gasteiger partial charge in [0.05, 0.1) is 29.4 Å². The van der Waals surface area contributed by atoms with Gasteiger partial charge in [-0.1, -0.05) is 12.1 Å². The third kappa shape index (κ3) is 3.45. The minimum absolute atomic E-state index is 0.0532. The van der Waals surface area contributed by atoms with Crippen LogP contribution in [0.3, 0.4) is 0 Å². The zero-order chi connectivity index (χ0) is 18.0. The smallest absolute Gasteiger partial charge is 0.254 e. The van der Waals surface area contributed by atoms with Crippen molar-refractivity contribution in [3.8, 4) is 11.3 Å². The highest BCUT2D eigenvalue weighted by atomic mass is 16.3. The number of aromatic nitrogens is 2. The van der Waals surface area contributed by atoms with E-state index in [0.717, 1.165) is 28.4 Å². The van der Waals surface area contributed by atoms with Crippen LogP contribution in [0.1, 0.15) is 40.5 Å². The molecule has 1 atom stereocenters. The molecule has 25 heavy (non-hydrogen) atoms. The molecule has 0 aliphatic carbocycles. The Labute approximate surface area is 147 Å². The van der Waals surface area contributed by atoms with Crippen LogP contribution in [-0.4, -0.2) is 27.8 Å². The van der Waals surface area contributed by atoms with Crippen molar-refractivity contribution in [3.63, 3.8) is 0 Å². The number of hydrogen-bond acceptors (Lipinski definition) is 4. The van der Waals surface area contributed by atoms with E-state index in [1.807, 2.05) is 57.2 Å². The maximum Gasteiger partial charge on any atom is 0.254 e. The first-order valence-corrected chi connectivity index (χ1v) is 8.18. The zero-order valence-corrected chi connectivity index (χ0v) is 14.9. The first-order chi connectivity index (χ1) is 12.0. The van der Waals surface area contributed by atoms with Crippen molar-refractivity contribution in [2.75, 3.05) is 7.05 Å². The van der Waals surface area contributed by atoms with E-state index in [2.05, 4.69) is 9.97 Å². The lowest BCUT2D eigenvalue weighted by atomic mass is 10.1. The van der Waals surface area contributed by atoms with E-state index in [4.69, 9.17) is 4.42 Å². The average Bonchev–Trinajstić information content (AvgIpc) is 3.16. The normalized spacial score (nSPS) is 12.0. The maximum atomic E-state index is 12.7. The minimum Gasteiger partial charge on any atom is -0.467 e. The molecule has 0 saturated heterocycles. The van der Waals surface area contributed by atoms with E-state index in [1.54, 1.807) is 24.4 Å². The summed E-state index contributed by atoms with van der Waals surface area (Å²) in [5.41, 5.74) is 4.16. The standard InChI is InChI=1S/C20H21N3O2/c1-13-12-21-14(2)19(22-13)16-7-9-17(10-8-16)20(24)23(4)15(3)18-6-5-11-25-18/h5-12,15H,1-4H3. The molecule has 5 heteroatoms. The summed E-state index contributed by atoms with van der Waals surface area (Å²) in [5, 5.41) is 0. The Morgan fingerprint density at radius 2 is 1.88 bits per heavy atom. The molecule has 0 bridgehead atoms. The third-order valence-electron chi connectivity index (χ3n) is 4.34. The van der Waals surface area contributed by atoms with Crippen molar-refractivity contribution >= 4 is 5.91 Å². The van der Waals surface area contributed by atoms with Gasteiger partial charge >= 0.3 is 0 Å². The molecule has 2 aromatic heterocycles. The molecule has 0 saturated carbocycles. The van der Waals surface area contributed by atoms with Crippen molar-refractivity contribution in [2.24, 2.45) is 0 Å². The molecule has 0 fully saturated rings. The van der Waals surface area contributed by atoms with Crippen molar-refractivity contribution in [3.05, 3.63) is 71.6 Å². The lowest BCUT2D eigenvalue weighted by Crippen LogP contribution is -2.29. The summed E-state index contributed by atoms with van der Waals surface area (Å²) in [7, 11) is 1.78. The van der Waals surface area contributed by atoms with Gasteiger partial charge in [-0.15, -0.1) is 0 Å². The Bertz CT molecular complexity index is 870. The van der Waals surface area contributed by atoms with Gasteiger partial charge in [0.15, 0.2) is 0 Å². The van der Waals surface area contributed by atoms with Gasteiger partial charge in [-0.2, -0.15) is 0 Å². The number of amides is 1. The predicted octanol–water partition coefficient (Wildman–Crippen LogP) is 4.19. The molecule has 0 N–H and O–H groups in total. The highest BCUT2D eigenvalue weighted by molar-refractivity contribution is 5.94. The van der Waals surface area contributed by atoms with E-state index in [0.29, 0.717) is 5.56 Å². The number of hydrogen-bond donors (Lipinski definition) is 0. The van der Waals surface area contributed by atoms with Crippen molar-refractivity contribution in [1.82, 2.24) is 14.9 Å². The molecule has 128 valence electrons. The van der Waals surface area contributed by atoms with Gasteiger partial charge in [-0.05, 0) is 45.0 Å². The van der Waals surface area contributed by atoms with Gasteiger partial charge in [-0.25, -0.2) is 4.98 Å². The van der Waals surface area contributed by atoms with Crippen LogP contribution in [0.5, 0.6) is 0 Å². The van der Waals surface area contributed by atoms with Crippen molar-refractivity contribution in [2.45, 2.75) is 26.8 Å². The predicted molar refractivity (Wildman–Crippen MR) is 96.2 cm³/mol. The third-order valence-corrected chi connectivity index (χ3v) is 4.34. The summed E-state index contributed by atoms with van der Waals surface area (Å²) in [5.74, 6) is 0.709. The summed E-state index contributed by atoms with van der Waals surface area (Å²) >= 11 is 0. The van der Waals surface area contributed by atoms with Gasteiger partial charge in [0.25, 0.3) is 5.91 Å². The van der Waals surface area contributed by atoms with Gasteiger partial charge < -0.3 is 9.32 Å². The highest BCUT2D eigenvalue weighted by Crippen LogP contribution is 2.23. The van der Waals surface area contributed by atoms with Crippen LogP contribution in [0, 0.1) is 13.8 Å². The molecule has 1 amide bonds. The largest absolute Gasteiger partial charge is 0.467 e. The highest BCUT2D eigenvalue weighted by Gasteiger charge is 2.20. The van der Waals surface area contributed by atoms with Gasteiger partial charge in [0.1, 0.15) is 5.76 Å². The number of benzene rings is 1. The average molecular weight is 335 g/mol. The summed E-state index contributed by atoms with van der Waals surface area (Å²) in [6, 6.07) is 11.0. The Morgan fingerprint density at radius 1 is 1.16 bits per heavy atom. The van der Waals surface area contributed by atoms with Crippen LogP contribution in [0.25, 0.3) is 11.3 Å². The minimum atomic E-state index is -0.132. The fourth-order valence-electron chi connectivity index (χ4n) is 2.68. The van der Waals surface area contributed by atoms with Crippen LogP contribution in [0.4, 0.5) is 0 Å². The Balaban J connectivity index is 1.82. The van der Waals surface area contributed by atoms with E-state index in [9.17, 15) is 4.79 Å². The lowest BCUT2D eigenvalue weighted by Gasteiger charge is -2.23. The van der Waals surface area contributed by atoms with Crippen LogP contribution in [0.15, 0.2) is 53.3 Å². The van der Waals surface area contributed by atoms with E-state index in [1.165, 1.54) is 0 Å². The molecule has 2 heterocycles. The summed E-state index contributed by atoms with van der Waals surface area (Å²) in [6.07, 6.45) is 3.37. The fourth-order valence-corrected chi connectivity index (χ4v) is 2.68. The molecule has 1 aromatic carbocycles. The quantitative estimate of drug-likeness (QED) is 0.717. The van der Waals surface area contributed by atoms with Gasteiger partial charge in [-0.3, -0.25) is 9.78 Å². The summed E-state index contributed by atoms with van der Waals surface area (Å²) in [4.78, 5) is 23.3. The Hall–Kier alpha value is -2.95.